The average Bonchev–Trinajstić information content (AvgIpc) is 2.41. The molecule has 1 fully saturated rings. The third-order valence-corrected chi connectivity index (χ3v) is 3.39. The van der Waals surface area contributed by atoms with Crippen molar-refractivity contribution in [1.29, 1.82) is 0 Å². The number of carbonyl (C=O) groups excluding carboxylic acids is 1. The van der Waals surface area contributed by atoms with E-state index in [9.17, 15) is 9.90 Å². The number of carbonyl (C=O) groups is 1. The highest BCUT2D eigenvalue weighted by Crippen LogP contribution is 2.22. The van der Waals surface area contributed by atoms with Gasteiger partial charge in [0.05, 0.1) is 13.2 Å². The molecule has 0 aromatic heterocycles. The molecule has 1 aliphatic heterocycles. The third kappa shape index (κ3) is 3.09. The first-order valence-electron chi connectivity index (χ1n) is 6.25. The second-order valence-electron chi connectivity index (χ2n) is 4.70. The summed E-state index contributed by atoms with van der Waals surface area (Å²) in [5, 5.41) is 9.48. The van der Waals surface area contributed by atoms with Crippen molar-refractivity contribution >= 4 is 6.29 Å². The highest BCUT2D eigenvalue weighted by molar-refractivity contribution is 5.75. The Morgan fingerprint density at radius 1 is 1.44 bits per heavy atom. The SMILES string of the molecule is COc1ccc(C=O)cc1CN1CCC(O)CC1. The lowest BCUT2D eigenvalue weighted by Crippen LogP contribution is -2.35. The van der Waals surface area contributed by atoms with Gasteiger partial charge < -0.3 is 9.84 Å². The van der Waals surface area contributed by atoms with Crippen LogP contribution in [0.15, 0.2) is 18.2 Å². The molecule has 1 N–H and O–H groups in total. The molecule has 4 heteroatoms. The van der Waals surface area contributed by atoms with Crippen LogP contribution in [-0.2, 0) is 6.54 Å². The van der Waals surface area contributed by atoms with E-state index < -0.39 is 0 Å². The first kappa shape index (κ1) is 13.1. The summed E-state index contributed by atoms with van der Waals surface area (Å²) in [7, 11) is 1.64. The molecular weight excluding hydrogens is 230 g/mol. The Morgan fingerprint density at radius 3 is 2.78 bits per heavy atom. The van der Waals surface area contributed by atoms with E-state index in [1.807, 2.05) is 12.1 Å². The van der Waals surface area contributed by atoms with Crippen molar-refractivity contribution in [2.75, 3.05) is 20.2 Å². The monoisotopic (exact) mass is 249 g/mol. The molecular formula is C14H19NO3. The van der Waals surface area contributed by atoms with Crippen LogP contribution in [0, 0.1) is 0 Å². The molecule has 1 aliphatic rings. The minimum Gasteiger partial charge on any atom is -0.496 e. The standard InChI is InChI=1S/C14H19NO3/c1-18-14-3-2-11(10-16)8-12(14)9-15-6-4-13(17)5-7-15/h2-3,8,10,13,17H,4-7,9H2,1H3. The first-order valence-corrected chi connectivity index (χ1v) is 6.25. The molecule has 1 saturated heterocycles. The molecule has 0 spiro atoms. The molecule has 4 nitrogen and oxygen atoms in total. The Bertz CT molecular complexity index is 412. The van der Waals surface area contributed by atoms with Gasteiger partial charge in [-0.3, -0.25) is 9.69 Å². The molecule has 18 heavy (non-hydrogen) atoms. The van der Waals surface area contributed by atoms with Gasteiger partial charge in [-0.1, -0.05) is 0 Å². The van der Waals surface area contributed by atoms with Gasteiger partial charge in [0.1, 0.15) is 12.0 Å². The maximum absolute atomic E-state index is 10.8. The summed E-state index contributed by atoms with van der Waals surface area (Å²) < 4.78 is 5.32. The Kier molecular flexibility index (Phi) is 4.33. The van der Waals surface area contributed by atoms with Crippen molar-refractivity contribution in [3.63, 3.8) is 0 Å². The summed E-state index contributed by atoms with van der Waals surface area (Å²) in [6, 6.07) is 5.46. The Morgan fingerprint density at radius 2 is 2.17 bits per heavy atom. The number of aliphatic hydroxyl groups excluding tert-OH is 1. The van der Waals surface area contributed by atoms with Crippen LogP contribution in [0.5, 0.6) is 5.75 Å². The van der Waals surface area contributed by atoms with Crippen molar-refractivity contribution in [1.82, 2.24) is 4.90 Å². The Hall–Kier alpha value is -1.39. The highest BCUT2D eigenvalue weighted by Gasteiger charge is 2.18. The maximum atomic E-state index is 10.8. The number of hydrogen-bond acceptors (Lipinski definition) is 4. The van der Waals surface area contributed by atoms with E-state index in [4.69, 9.17) is 4.74 Å². The van der Waals surface area contributed by atoms with Crippen LogP contribution < -0.4 is 4.74 Å². The molecule has 0 unspecified atom stereocenters. The maximum Gasteiger partial charge on any atom is 0.150 e. The minimum absolute atomic E-state index is 0.163. The summed E-state index contributed by atoms with van der Waals surface area (Å²) in [5.41, 5.74) is 1.70. The first-order chi connectivity index (χ1) is 8.72. The second-order valence-corrected chi connectivity index (χ2v) is 4.70. The molecule has 0 aliphatic carbocycles. The van der Waals surface area contributed by atoms with E-state index in [1.54, 1.807) is 13.2 Å². The van der Waals surface area contributed by atoms with Gasteiger partial charge in [0.15, 0.2) is 0 Å². The van der Waals surface area contributed by atoms with Crippen LogP contribution in [0.1, 0.15) is 28.8 Å². The van der Waals surface area contributed by atoms with Gasteiger partial charge in [0.25, 0.3) is 0 Å². The van der Waals surface area contributed by atoms with Gasteiger partial charge >= 0.3 is 0 Å². The summed E-state index contributed by atoms with van der Waals surface area (Å²) in [4.78, 5) is 13.1. The van der Waals surface area contributed by atoms with Crippen molar-refractivity contribution in [2.45, 2.75) is 25.5 Å². The van der Waals surface area contributed by atoms with Gasteiger partial charge in [0.2, 0.25) is 0 Å². The number of benzene rings is 1. The van der Waals surface area contributed by atoms with Crippen LogP contribution in [0.3, 0.4) is 0 Å². The lowest BCUT2D eigenvalue weighted by atomic mass is 10.1. The molecule has 1 aromatic rings. The number of ether oxygens (including phenoxy) is 1. The van der Waals surface area contributed by atoms with Gasteiger partial charge in [-0.2, -0.15) is 0 Å². The van der Waals surface area contributed by atoms with Crippen molar-refractivity contribution < 1.29 is 14.6 Å². The normalized spacial score (nSPS) is 17.7. The molecule has 0 radical (unpaired) electrons. The zero-order valence-electron chi connectivity index (χ0n) is 10.6. The molecule has 98 valence electrons. The molecule has 2 rings (SSSR count). The molecule has 0 bridgehead atoms. The number of likely N-dealkylation sites (tertiary alicyclic amines) is 1. The lowest BCUT2D eigenvalue weighted by Gasteiger charge is -2.29. The summed E-state index contributed by atoms with van der Waals surface area (Å²) in [6.45, 7) is 2.53. The molecule has 1 aromatic carbocycles. The smallest absolute Gasteiger partial charge is 0.150 e. The number of aliphatic hydroxyl groups is 1. The van der Waals surface area contributed by atoms with Gasteiger partial charge in [-0.15, -0.1) is 0 Å². The fourth-order valence-corrected chi connectivity index (χ4v) is 2.31. The quantitative estimate of drug-likeness (QED) is 0.821. The fraction of sp³-hybridized carbons (Fsp3) is 0.500. The van der Waals surface area contributed by atoms with Crippen LogP contribution in [0.2, 0.25) is 0 Å². The number of piperidine rings is 1. The lowest BCUT2D eigenvalue weighted by molar-refractivity contribution is 0.0789. The van der Waals surface area contributed by atoms with Crippen LogP contribution in [0.25, 0.3) is 0 Å². The third-order valence-electron chi connectivity index (χ3n) is 3.39. The van der Waals surface area contributed by atoms with E-state index in [2.05, 4.69) is 4.90 Å². The topological polar surface area (TPSA) is 49.8 Å². The molecule has 0 amide bonds. The summed E-state index contributed by atoms with van der Waals surface area (Å²) in [6.07, 6.45) is 2.32. The van der Waals surface area contributed by atoms with Gasteiger partial charge in [0, 0.05) is 30.8 Å². The van der Waals surface area contributed by atoms with E-state index in [1.165, 1.54) is 0 Å². The number of hydrogen-bond donors (Lipinski definition) is 1. The Balaban J connectivity index is 2.09. The van der Waals surface area contributed by atoms with Crippen LogP contribution >= 0.6 is 0 Å². The van der Waals surface area contributed by atoms with Crippen LogP contribution in [0.4, 0.5) is 0 Å². The predicted molar refractivity (Wildman–Crippen MR) is 68.9 cm³/mol. The van der Waals surface area contributed by atoms with E-state index in [0.29, 0.717) is 5.56 Å². The van der Waals surface area contributed by atoms with E-state index >= 15 is 0 Å². The summed E-state index contributed by atoms with van der Waals surface area (Å²) in [5.74, 6) is 0.812. The number of methoxy groups -OCH3 is 1. The zero-order valence-corrected chi connectivity index (χ0v) is 10.6. The van der Waals surface area contributed by atoms with Crippen molar-refractivity contribution in [3.8, 4) is 5.75 Å². The number of aldehydes is 1. The molecule has 1 heterocycles. The van der Waals surface area contributed by atoms with Gasteiger partial charge in [-0.05, 0) is 31.0 Å². The number of nitrogens with zero attached hydrogens (tertiary/aromatic N) is 1. The summed E-state index contributed by atoms with van der Waals surface area (Å²) >= 11 is 0. The van der Waals surface area contributed by atoms with Gasteiger partial charge in [-0.25, -0.2) is 0 Å². The predicted octanol–water partition coefficient (Wildman–Crippen LogP) is 1.46. The second kappa shape index (κ2) is 5.98. The fourth-order valence-electron chi connectivity index (χ4n) is 2.31. The minimum atomic E-state index is -0.163. The van der Waals surface area contributed by atoms with E-state index in [0.717, 1.165) is 50.1 Å². The largest absolute Gasteiger partial charge is 0.496 e. The zero-order chi connectivity index (χ0) is 13.0. The average molecular weight is 249 g/mol. The molecule has 0 saturated carbocycles. The highest BCUT2D eigenvalue weighted by atomic mass is 16.5. The molecule has 0 atom stereocenters. The van der Waals surface area contributed by atoms with Crippen molar-refractivity contribution in [2.24, 2.45) is 0 Å². The Labute approximate surface area is 107 Å². The van der Waals surface area contributed by atoms with Crippen LogP contribution in [-0.4, -0.2) is 42.6 Å². The number of rotatable bonds is 4. The van der Waals surface area contributed by atoms with Crippen molar-refractivity contribution in [3.05, 3.63) is 29.3 Å². The van der Waals surface area contributed by atoms with E-state index in [-0.39, 0.29) is 6.10 Å².